The van der Waals surface area contributed by atoms with Gasteiger partial charge in [0.05, 0.1) is 12.0 Å². The molecule has 1 aromatic carbocycles. The fraction of sp³-hybridized carbons (Fsp3) is 0.600. The van der Waals surface area contributed by atoms with Crippen molar-refractivity contribution >= 4 is 11.8 Å². The lowest BCUT2D eigenvalue weighted by Gasteiger charge is -2.37. The van der Waals surface area contributed by atoms with Gasteiger partial charge in [-0.2, -0.15) is 0 Å². The monoisotopic (exact) mass is 346 g/mol. The van der Waals surface area contributed by atoms with Crippen molar-refractivity contribution in [2.24, 2.45) is 11.8 Å². The lowest BCUT2D eigenvalue weighted by Crippen LogP contribution is -2.47. The van der Waals surface area contributed by atoms with E-state index < -0.39 is 0 Å². The van der Waals surface area contributed by atoms with Crippen molar-refractivity contribution in [2.45, 2.75) is 45.6 Å². The molecule has 0 N–H and O–H groups in total. The third-order valence-electron chi connectivity index (χ3n) is 5.45. The second-order valence-electron chi connectivity index (χ2n) is 7.25. The molecule has 4 nitrogen and oxygen atoms in total. The number of carbonyl (C=O) groups is 2. The summed E-state index contributed by atoms with van der Waals surface area (Å²) in [6.45, 7) is 5.86. The minimum absolute atomic E-state index is 0.104. The molecule has 2 aliphatic rings. The summed E-state index contributed by atoms with van der Waals surface area (Å²) < 4.78 is 13.2. The van der Waals surface area contributed by atoms with Gasteiger partial charge in [-0.15, -0.1) is 0 Å². The van der Waals surface area contributed by atoms with Crippen LogP contribution in [0.5, 0.6) is 0 Å². The van der Waals surface area contributed by atoms with Crippen LogP contribution in [0.15, 0.2) is 24.3 Å². The van der Waals surface area contributed by atoms with E-state index in [2.05, 4.69) is 0 Å². The van der Waals surface area contributed by atoms with Crippen LogP contribution >= 0.6 is 0 Å². The Morgan fingerprint density at radius 2 is 1.88 bits per heavy atom. The molecular weight excluding hydrogens is 319 g/mol. The SMILES string of the molecule is CCN(C(=O)C1CCCN(C(=O)C2CC2)C1)C(C)c1ccc(F)cc1. The quantitative estimate of drug-likeness (QED) is 0.820. The van der Waals surface area contributed by atoms with Gasteiger partial charge in [-0.3, -0.25) is 9.59 Å². The summed E-state index contributed by atoms with van der Waals surface area (Å²) in [5, 5.41) is 0. The molecule has 136 valence electrons. The van der Waals surface area contributed by atoms with Crippen LogP contribution in [0.25, 0.3) is 0 Å². The second-order valence-corrected chi connectivity index (χ2v) is 7.25. The van der Waals surface area contributed by atoms with Gasteiger partial charge in [-0.1, -0.05) is 12.1 Å². The topological polar surface area (TPSA) is 40.6 Å². The summed E-state index contributed by atoms with van der Waals surface area (Å²) in [7, 11) is 0. The molecule has 2 amide bonds. The Balaban J connectivity index is 1.68. The van der Waals surface area contributed by atoms with Crippen LogP contribution in [0, 0.1) is 17.7 Å². The van der Waals surface area contributed by atoms with Crippen LogP contribution in [0.4, 0.5) is 4.39 Å². The van der Waals surface area contributed by atoms with Crippen molar-refractivity contribution in [3.8, 4) is 0 Å². The molecule has 1 saturated carbocycles. The van der Waals surface area contributed by atoms with E-state index in [0.29, 0.717) is 13.1 Å². The van der Waals surface area contributed by atoms with Gasteiger partial charge in [0.15, 0.2) is 0 Å². The van der Waals surface area contributed by atoms with Crippen LogP contribution in [-0.4, -0.2) is 41.2 Å². The Kier molecular flexibility index (Phi) is 5.40. The summed E-state index contributed by atoms with van der Waals surface area (Å²) in [5.41, 5.74) is 0.929. The number of nitrogens with zero attached hydrogens (tertiary/aromatic N) is 2. The van der Waals surface area contributed by atoms with E-state index in [-0.39, 0.29) is 35.5 Å². The highest BCUT2D eigenvalue weighted by atomic mass is 19.1. The number of rotatable bonds is 5. The fourth-order valence-electron chi connectivity index (χ4n) is 3.74. The second kappa shape index (κ2) is 7.54. The Hall–Kier alpha value is -1.91. The Labute approximate surface area is 149 Å². The molecule has 1 aromatic rings. The zero-order valence-electron chi connectivity index (χ0n) is 15.1. The largest absolute Gasteiger partial charge is 0.342 e. The minimum atomic E-state index is -0.271. The van der Waals surface area contributed by atoms with Gasteiger partial charge in [-0.05, 0) is 57.2 Å². The summed E-state index contributed by atoms with van der Waals surface area (Å²) >= 11 is 0. The Morgan fingerprint density at radius 1 is 1.20 bits per heavy atom. The lowest BCUT2D eigenvalue weighted by atomic mass is 9.94. The zero-order chi connectivity index (χ0) is 18.0. The molecule has 0 aromatic heterocycles. The molecule has 1 aliphatic carbocycles. The molecule has 1 aliphatic heterocycles. The number of piperidine rings is 1. The summed E-state index contributed by atoms with van der Waals surface area (Å²) in [5.74, 6) is 0.139. The number of likely N-dealkylation sites (tertiary alicyclic amines) is 1. The molecule has 2 unspecified atom stereocenters. The Bertz CT molecular complexity index is 627. The number of benzene rings is 1. The van der Waals surface area contributed by atoms with Crippen LogP contribution in [0.2, 0.25) is 0 Å². The molecule has 1 saturated heterocycles. The Morgan fingerprint density at radius 3 is 2.48 bits per heavy atom. The van der Waals surface area contributed by atoms with E-state index in [4.69, 9.17) is 0 Å². The average Bonchev–Trinajstić information content (AvgIpc) is 3.47. The van der Waals surface area contributed by atoms with Crippen LogP contribution in [0.1, 0.15) is 51.1 Å². The molecule has 2 fully saturated rings. The van der Waals surface area contributed by atoms with E-state index in [9.17, 15) is 14.0 Å². The number of amides is 2. The highest BCUT2D eigenvalue weighted by Gasteiger charge is 2.38. The molecule has 3 rings (SSSR count). The molecule has 1 heterocycles. The maximum atomic E-state index is 13.2. The number of hydrogen-bond donors (Lipinski definition) is 0. The van der Waals surface area contributed by atoms with Gasteiger partial charge in [0.1, 0.15) is 5.82 Å². The summed E-state index contributed by atoms with van der Waals surface area (Å²) in [4.78, 5) is 29.1. The first-order valence-electron chi connectivity index (χ1n) is 9.36. The van der Waals surface area contributed by atoms with Crippen molar-refractivity contribution in [3.05, 3.63) is 35.6 Å². The third kappa shape index (κ3) is 4.02. The van der Waals surface area contributed by atoms with Crippen LogP contribution in [0.3, 0.4) is 0 Å². The van der Waals surface area contributed by atoms with Crippen molar-refractivity contribution in [3.63, 3.8) is 0 Å². The lowest BCUT2D eigenvalue weighted by molar-refractivity contribution is -0.142. The van der Waals surface area contributed by atoms with Crippen LogP contribution in [-0.2, 0) is 9.59 Å². The van der Waals surface area contributed by atoms with E-state index in [1.807, 2.05) is 23.6 Å². The molecule has 0 radical (unpaired) electrons. The first-order chi connectivity index (χ1) is 12.0. The predicted molar refractivity (Wildman–Crippen MR) is 94.2 cm³/mol. The zero-order valence-corrected chi connectivity index (χ0v) is 15.1. The highest BCUT2D eigenvalue weighted by molar-refractivity contribution is 5.83. The van der Waals surface area contributed by atoms with Crippen molar-refractivity contribution in [1.82, 2.24) is 9.80 Å². The summed E-state index contributed by atoms with van der Waals surface area (Å²) in [6.07, 6.45) is 3.71. The maximum Gasteiger partial charge on any atom is 0.227 e. The van der Waals surface area contributed by atoms with Crippen molar-refractivity contribution in [1.29, 1.82) is 0 Å². The molecule has 25 heavy (non-hydrogen) atoms. The maximum absolute atomic E-state index is 13.2. The van der Waals surface area contributed by atoms with Gasteiger partial charge in [0.25, 0.3) is 0 Å². The normalized spacial score (nSPS) is 21.7. The van der Waals surface area contributed by atoms with Crippen molar-refractivity contribution < 1.29 is 14.0 Å². The van der Waals surface area contributed by atoms with Gasteiger partial charge < -0.3 is 9.80 Å². The fourth-order valence-corrected chi connectivity index (χ4v) is 3.74. The number of carbonyl (C=O) groups excluding carboxylic acids is 2. The van der Waals surface area contributed by atoms with E-state index in [0.717, 1.165) is 37.8 Å². The van der Waals surface area contributed by atoms with E-state index >= 15 is 0 Å². The molecule has 0 spiro atoms. The average molecular weight is 346 g/mol. The van der Waals surface area contributed by atoms with Gasteiger partial charge in [-0.25, -0.2) is 4.39 Å². The smallest absolute Gasteiger partial charge is 0.227 e. The number of halogens is 1. The van der Waals surface area contributed by atoms with Gasteiger partial charge in [0, 0.05) is 25.6 Å². The van der Waals surface area contributed by atoms with Crippen LogP contribution < -0.4 is 0 Å². The van der Waals surface area contributed by atoms with Crippen molar-refractivity contribution in [2.75, 3.05) is 19.6 Å². The van der Waals surface area contributed by atoms with E-state index in [1.54, 1.807) is 12.1 Å². The molecule has 0 bridgehead atoms. The van der Waals surface area contributed by atoms with E-state index in [1.165, 1.54) is 12.1 Å². The van der Waals surface area contributed by atoms with Gasteiger partial charge >= 0.3 is 0 Å². The minimum Gasteiger partial charge on any atom is -0.342 e. The molecular formula is C20H27FN2O2. The standard InChI is InChI=1S/C20H27FN2O2/c1-3-23(14(2)15-8-10-18(21)11-9-15)20(25)17-5-4-12-22(13-17)19(24)16-6-7-16/h8-11,14,16-17H,3-7,12-13H2,1-2H3. The van der Waals surface area contributed by atoms with Gasteiger partial charge in [0.2, 0.25) is 11.8 Å². The molecule has 5 heteroatoms. The third-order valence-corrected chi connectivity index (χ3v) is 5.45. The first-order valence-corrected chi connectivity index (χ1v) is 9.36. The molecule has 2 atom stereocenters. The summed E-state index contributed by atoms with van der Waals surface area (Å²) in [6, 6.07) is 6.23. The predicted octanol–water partition coefficient (Wildman–Crippen LogP) is 3.38. The highest BCUT2D eigenvalue weighted by Crippen LogP contribution is 2.33. The first kappa shape index (κ1) is 17.9. The number of hydrogen-bond acceptors (Lipinski definition) is 2.